The van der Waals surface area contributed by atoms with E-state index in [2.05, 4.69) is 39.8 Å². The highest BCUT2D eigenvalue weighted by molar-refractivity contribution is 5.53. The quantitative estimate of drug-likeness (QED) is 0.389. The van der Waals surface area contributed by atoms with E-state index >= 15 is 0 Å². The van der Waals surface area contributed by atoms with Gasteiger partial charge in [0.25, 0.3) is 0 Å². The molecule has 2 aromatic rings. The number of phenolic OH excluding ortho intramolecular Hbond substituents is 2. The zero-order chi connectivity index (χ0) is 24.3. The minimum absolute atomic E-state index is 0.0259. The number of phenols is 2. The summed E-state index contributed by atoms with van der Waals surface area (Å²) in [5.41, 5.74) is 2.31. The van der Waals surface area contributed by atoms with Crippen molar-refractivity contribution in [3.8, 4) is 28.7 Å². The lowest BCUT2D eigenvalue weighted by Crippen LogP contribution is -2.46. The van der Waals surface area contributed by atoms with Crippen LogP contribution in [0.2, 0.25) is 0 Å². The molecule has 0 unspecified atom stereocenters. The lowest BCUT2D eigenvalue weighted by atomic mass is 9.64. The second kappa shape index (κ2) is 10.4. The Morgan fingerprint density at radius 3 is 2.44 bits per heavy atom. The molecule has 1 fully saturated rings. The minimum Gasteiger partial charge on any atom is -0.508 e. The number of unbranched alkanes of at least 4 members (excludes halogenated alkanes) is 2. The molecule has 2 aliphatic rings. The summed E-state index contributed by atoms with van der Waals surface area (Å²) in [6, 6.07) is 8.72. The topological polar surface area (TPSA) is 68.2 Å². The Balaban J connectivity index is 1.56. The molecule has 0 aromatic heterocycles. The van der Waals surface area contributed by atoms with Gasteiger partial charge in [-0.05, 0) is 69.1 Å². The summed E-state index contributed by atoms with van der Waals surface area (Å²) in [7, 11) is 0. The SMILES string of the molecule is CCCCCc1cc(OCCOc2cc(O)cc(O)c2)c2c(c1)OC(C)(C)[C@@H]1CC[C@H](C)C[C@@H]21. The first-order valence-corrected chi connectivity index (χ1v) is 12.9. The normalized spacial score (nSPS) is 22.9. The lowest BCUT2D eigenvalue weighted by Gasteiger charge is -2.49. The number of hydrogen-bond donors (Lipinski definition) is 2. The van der Waals surface area contributed by atoms with Crippen molar-refractivity contribution in [2.45, 2.75) is 84.2 Å². The van der Waals surface area contributed by atoms with Crippen molar-refractivity contribution in [1.29, 1.82) is 0 Å². The highest BCUT2D eigenvalue weighted by Crippen LogP contribution is 2.55. The third kappa shape index (κ3) is 5.56. The third-order valence-corrected chi connectivity index (χ3v) is 7.47. The van der Waals surface area contributed by atoms with Crippen LogP contribution in [-0.4, -0.2) is 29.0 Å². The predicted octanol–water partition coefficient (Wildman–Crippen LogP) is 6.98. The first kappa shape index (κ1) is 24.6. The molecule has 34 heavy (non-hydrogen) atoms. The molecular weight excluding hydrogens is 428 g/mol. The van der Waals surface area contributed by atoms with Crippen molar-refractivity contribution < 1.29 is 24.4 Å². The van der Waals surface area contributed by atoms with Crippen molar-refractivity contribution in [2.75, 3.05) is 13.2 Å². The molecule has 0 radical (unpaired) electrons. The van der Waals surface area contributed by atoms with Gasteiger partial charge in [0.05, 0.1) is 0 Å². The molecule has 1 aliphatic heterocycles. The Hall–Kier alpha value is -2.56. The molecule has 0 bridgehead atoms. The average molecular weight is 469 g/mol. The van der Waals surface area contributed by atoms with Crippen molar-refractivity contribution in [3.05, 3.63) is 41.5 Å². The van der Waals surface area contributed by atoms with E-state index in [4.69, 9.17) is 14.2 Å². The fourth-order valence-electron chi connectivity index (χ4n) is 5.80. The van der Waals surface area contributed by atoms with Crippen LogP contribution in [0.4, 0.5) is 0 Å². The van der Waals surface area contributed by atoms with Crippen LogP contribution in [0.1, 0.15) is 83.3 Å². The van der Waals surface area contributed by atoms with Crippen molar-refractivity contribution >= 4 is 0 Å². The molecule has 3 atom stereocenters. The Kier molecular flexibility index (Phi) is 7.49. The summed E-state index contributed by atoms with van der Waals surface area (Å²) in [5.74, 6) is 3.89. The summed E-state index contributed by atoms with van der Waals surface area (Å²) in [6.45, 7) is 9.76. The molecule has 1 aliphatic carbocycles. The minimum atomic E-state index is -0.183. The first-order chi connectivity index (χ1) is 16.3. The lowest BCUT2D eigenvalue weighted by molar-refractivity contribution is -0.0149. The van der Waals surface area contributed by atoms with Gasteiger partial charge in [-0.3, -0.25) is 0 Å². The van der Waals surface area contributed by atoms with Crippen LogP contribution in [-0.2, 0) is 6.42 Å². The van der Waals surface area contributed by atoms with E-state index in [1.54, 1.807) is 0 Å². The van der Waals surface area contributed by atoms with Crippen molar-refractivity contribution in [1.82, 2.24) is 0 Å². The average Bonchev–Trinajstić information content (AvgIpc) is 2.75. The van der Waals surface area contributed by atoms with Gasteiger partial charge in [-0.2, -0.15) is 0 Å². The maximum Gasteiger partial charge on any atom is 0.127 e. The summed E-state index contributed by atoms with van der Waals surface area (Å²) < 4.78 is 18.7. The van der Waals surface area contributed by atoms with Crippen LogP contribution >= 0.6 is 0 Å². The molecule has 4 rings (SSSR count). The zero-order valence-corrected chi connectivity index (χ0v) is 21.1. The van der Waals surface area contributed by atoms with Crippen LogP contribution in [0.25, 0.3) is 0 Å². The number of aryl methyl sites for hydroxylation is 1. The summed E-state index contributed by atoms with van der Waals surface area (Å²) >= 11 is 0. The largest absolute Gasteiger partial charge is 0.508 e. The molecule has 2 aromatic carbocycles. The fraction of sp³-hybridized carbons (Fsp3) is 0.586. The summed E-state index contributed by atoms with van der Waals surface area (Å²) in [5, 5.41) is 19.3. The molecular formula is C29H40O5. The van der Waals surface area contributed by atoms with Gasteiger partial charge in [0.2, 0.25) is 0 Å². The molecule has 1 saturated carbocycles. The van der Waals surface area contributed by atoms with Gasteiger partial charge in [0, 0.05) is 29.7 Å². The van der Waals surface area contributed by atoms with Gasteiger partial charge < -0.3 is 24.4 Å². The van der Waals surface area contributed by atoms with E-state index in [0.717, 1.165) is 30.8 Å². The van der Waals surface area contributed by atoms with Gasteiger partial charge in [0.1, 0.15) is 47.6 Å². The number of benzene rings is 2. The fourth-order valence-corrected chi connectivity index (χ4v) is 5.80. The van der Waals surface area contributed by atoms with Crippen LogP contribution in [0.3, 0.4) is 0 Å². The van der Waals surface area contributed by atoms with Crippen LogP contribution in [0, 0.1) is 11.8 Å². The molecule has 0 saturated heterocycles. The number of ether oxygens (including phenoxy) is 3. The van der Waals surface area contributed by atoms with Gasteiger partial charge in [-0.15, -0.1) is 0 Å². The Bertz CT molecular complexity index is 962. The van der Waals surface area contributed by atoms with Gasteiger partial charge in [-0.1, -0.05) is 33.1 Å². The highest BCUT2D eigenvalue weighted by Gasteiger charge is 2.47. The summed E-state index contributed by atoms with van der Waals surface area (Å²) in [6.07, 6.45) is 8.18. The zero-order valence-electron chi connectivity index (χ0n) is 21.1. The highest BCUT2D eigenvalue weighted by atomic mass is 16.5. The van der Waals surface area contributed by atoms with Gasteiger partial charge >= 0.3 is 0 Å². The van der Waals surface area contributed by atoms with E-state index in [0.29, 0.717) is 36.7 Å². The maximum atomic E-state index is 9.67. The number of aromatic hydroxyl groups is 2. The molecule has 1 heterocycles. The van der Waals surface area contributed by atoms with Crippen LogP contribution in [0.5, 0.6) is 28.7 Å². The van der Waals surface area contributed by atoms with Crippen LogP contribution in [0.15, 0.2) is 30.3 Å². The number of fused-ring (bicyclic) bond motifs is 3. The van der Waals surface area contributed by atoms with Gasteiger partial charge in [0.15, 0.2) is 0 Å². The maximum absolute atomic E-state index is 9.67. The number of rotatable bonds is 9. The van der Waals surface area contributed by atoms with E-state index in [-0.39, 0.29) is 17.1 Å². The monoisotopic (exact) mass is 468 g/mol. The molecule has 186 valence electrons. The van der Waals surface area contributed by atoms with Crippen molar-refractivity contribution in [3.63, 3.8) is 0 Å². The summed E-state index contributed by atoms with van der Waals surface area (Å²) in [4.78, 5) is 0. The predicted molar refractivity (Wildman–Crippen MR) is 134 cm³/mol. The Labute approximate surface area is 204 Å². The second-order valence-electron chi connectivity index (χ2n) is 10.7. The smallest absolute Gasteiger partial charge is 0.127 e. The van der Waals surface area contributed by atoms with E-state index in [1.165, 1.54) is 55.0 Å². The first-order valence-electron chi connectivity index (χ1n) is 12.9. The Morgan fingerprint density at radius 2 is 1.71 bits per heavy atom. The van der Waals surface area contributed by atoms with E-state index < -0.39 is 0 Å². The van der Waals surface area contributed by atoms with Crippen LogP contribution < -0.4 is 14.2 Å². The molecule has 5 nitrogen and oxygen atoms in total. The Morgan fingerprint density at radius 1 is 0.971 bits per heavy atom. The third-order valence-electron chi connectivity index (χ3n) is 7.47. The van der Waals surface area contributed by atoms with Gasteiger partial charge in [-0.25, -0.2) is 0 Å². The van der Waals surface area contributed by atoms with E-state index in [9.17, 15) is 10.2 Å². The van der Waals surface area contributed by atoms with E-state index in [1.807, 2.05) is 0 Å². The van der Waals surface area contributed by atoms with Crippen molar-refractivity contribution in [2.24, 2.45) is 11.8 Å². The molecule has 0 amide bonds. The number of hydrogen-bond acceptors (Lipinski definition) is 5. The molecule has 0 spiro atoms. The standard InChI is InChI=1S/C29H40O5/c1-5-6-7-8-20-14-26(33-12-11-32-23-17-21(30)16-22(31)18-23)28-24-13-19(2)9-10-25(24)29(3,4)34-27(28)15-20/h14-19,24-25,30-31H,5-13H2,1-4H3/t19-,24+,25+/m0/s1. The molecule has 5 heteroatoms. The second-order valence-corrected chi connectivity index (χ2v) is 10.7. The molecule has 2 N–H and O–H groups in total.